The first-order chi connectivity index (χ1) is 16.8. The molecule has 1 aliphatic heterocycles. The molecular formula is C24H20F3N3O4S. The number of halogens is 3. The number of methoxy groups -OCH3 is 1. The molecule has 0 spiro atoms. The number of benzene rings is 2. The molecule has 1 aliphatic rings. The van der Waals surface area contributed by atoms with E-state index in [-0.39, 0.29) is 11.5 Å². The van der Waals surface area contributed by atoms with Crippen LogP contribution in [0.4, 0.5) is 13.2 Å². The highest BCUT2D eigenvalue weighted by molar-refractivity contribution is 7.98. The Hall–Kier alpha value is -3.60. The van der Waals surface area contributed by atoms with E-state index >= 15 is 0 Å². The van der Waals surface area contributed by atoms with Gasteiger partial charge in [0.25, 0.3) is 0 Å². The van der Waals surface area contributed by atoms with Crippen molar-refractivity contribution in [3.63, 3.8) is 0 Å². The minimum atomic E-state index is -4.06. The van der Waals surface area contributed by atoms with Crippen molar-refractivity contribution in [1.29, 1.82) is 0 Å². The summed E-state index contributed by atoms with van der Waals surface area (Å²) >= 11 is 1.36. The number of thioether (sulfide) groups is 1. The summed E-state index contributed by atoms with van der Waals surface area (Å²) in [7, 11) is 1.56. The van der Waals surface area contributed by atoms with E-state index < -0.39 is 12.5 Å². The van der Waals surface area contributed by atoms with E-state index in [1.165, 1.54) is 23.9 Å². The Labute approximate surface area is 202 Å². The highest BCUT2D eigenvalue weighted by Crippen LogP contribution is 2.43. The molecular weight excluding hydrogens is 483 g/mol. The third-order valence-corrected chi connectivity index (χ3v) is 6.28. The monoisotopic (exact) mass is 503 g/mol. The van der Waals surface area contributed by atoms with Crippen LogP contribution >= 0.6 is 11.8 Å². The van der Waals surface area contributed by atoms with Crippen LogP contribution in [0.1, 0.15) is 16.8 Å². The fourth-order valence-electron chi connectivity index (χ4n) is 3.55. The van der Waals surface area contributed by atoms with Gasteiger partial charge in [-0.3, -0.25) is 4.98 Å². The zero-order valence-corrected chi connectivity index (χ0v) is 19.5. The molecule has 7 nitrogen and oxygen atoms in total. The van der Waals surface area contributed by atoms with Crippen LogP contribution in [0.5, 0.6) is 23.0 Å². The number of alkyl halides is 3. The molecule has 5 rings (SSSR count). The zero-order valence-electron chi connectivity index (χ0n) is 18.7. The molecule has 3 heterocycles. The molecule has 0 radical (unpaired) electrons. The molecule has 0 fully saturated rings. The maximum Gasteiger partial charge on any atom is 0.468 e. The molecule has 1 unspecified atom stereocenters. The van der Waals surface area contributed by atoms with Crippen LogP contribution in [0.3, 0.4) is 0 Å². The molecule has 2 aromatic heterocycles. The predicted molar refractivity (Wildman–Crippen MR) is 123 cm³/mol. The summed E-state index contributed by atoms with van der Waals surface area (Å²) in [6, 6.07) is 12.5. The van der Waals surface area contributed by atoms with E-state index in [2.05, 4.69) is 24.4 Å². The number of nitrogens with zero attached hydrogens (tertiary/aromatic N) is 2. The average Bonchev–Trinajstić information content (AvgIpc) is 3.23. The minimum Gasteiger partial charge on any atom is -0.491 e. The van der Waals surface area contributed by atoms with Gasteiger partial charge in [-0.25, -0.2) is 4.98 Å². The Balaban J connectivity index is 1.34. The van der Waals surface area contributed by atoms with Crippen molar-refractivity contribution in [3.8, 4) is 23.0 Å². The van der Waals surface area contributed by atoms with Crippen molar-refractivity contribution < 1.29 is 32.1 Å². The van der Waals surface area contributed by atoms with Crippen LogP contribution in [0.2, 0.25) is 0 Å². The lowest BCUT2D eigenvalue weighted by Gasteiger charge is -2.28. The lowest BCUT2D eigenvalue weighted by molar-refractivity contribution is -0.281. The Morgan fingerprint density at radius 3 is 2.74 bits per heavy atom. The number of hydrogen-bond acceptors (Lipinski definition) is 7. The van der Waals surface area contributed by atoms with Crippen LogP contribution in [0.15, 0.2) is 53.8 Å². The molecule has 182 valence electrons. The van der Waals surface area contributed by atoms with Crippen molar-refractivity contribution in [2.24, 2.45) is 0 Å². The molecule has 1 atom stereocenters. The number of pyridine rings is 1. The molecule has 11 heteroatoms. The van der Waals surface area contributed by atoms with Crippen molar-refractivity contribution >= 4 is 22.8 Å². The Morgan fingerprint density at radius 2 is 1.97 bits per heavy atom. The Morgan fingerprint density at radius 1 is 1.17 bits per heavy atom. The van der Waals surface area contributed by atoms with Crippen molar-refractivity contribution in [1.82, 2.24) is 15.0 Å². The van der Waals surface area contributed by atoms with E-state index in [1.54, 1.807) is 13.3 Å². The largest absolute Gasteiger partial charge is 0.491 e. The SMILES string of the molecule is COc1cnc(CSc2nc3cc4c(cc3[nH]2)OC(F)(F)C(F)O4)c(C)c1OCc1ccccc1. The van der Waals surface area contributed by atoms with E-state index in [0.717, 1.165) is 16.8 Å². The number of fused-ring (bicyclic) bond motifs is 2. The summed E-state index contributed by atoms with van der Waals surface area (Å²) in [6.45, 7) is 2.28. The third-order valence-electron chi connectivity index (χ3n) is 5.39. The van der Waals surface area contributed by atoms with Gasteiger partial charge in [0.1, 0.15) is 6.61 Å². The number of H-pyrrole nitrogens is 1. The lowest BCUT2D eigenvalue weighted by atomic mass is 10.2. The van der Waals surface area contributed by atoms with E-state index in [1.807, 2.05) is 37.3 Å². The highest BCUT2D eigenvalue weighted by Gasteiger charge is 2.49. The summed E-state index contributed by atoms with van der Waals surface area (Å²) < 4.78 is 61.0. The second kappa shape index (κ2) is 9.21. The van der Waals surface area contributed by atoms with Crippen molar-refractivity contribution in [3.05, 3.63) is 65.5 Å². The molecule has 0 aliphatic carbocycles. The van der Waals surface area contributed by atoms with Crippen LogP contribution in [0, 0.1) is 6.92 Å². The van der Waals surface area contributed by atoms with Gasteiger partial charge >= 0.3 is 12.5 Å². The number of hydrogen-bond donors (Lipinski definition) is 1. The normalized spacial score (nSPS) is 16.3. The van der Waals surface area contributed by atoms with Crippen molar-refractivity contribution in [2.45, 2.75) is 36.9 Å². The molecule has 35 heavy (non-hydrogen) atoms. The minimum absolute atomic E-state index is 0.133. The van der Waals surface area contributed by atoms with Gasteiger partial charge in [0.15, 0.2) is 28.2 Å². The first-order valence-electron chi connectivity index (χ1n) is 10.6. The standard InChI is InChI=1S/C24H20F3N3O4S/c1-13-17(28-10-20(31-2)21(13)32-11-14-6-4-3-5-7-14)12-35-23-29-15-8-18-19(9-16(15)30-23)34-24(26,27)22(25)33-18/h3-10,22H,11-12H2,1-2H3,(H,29,30). The average molecular weight is 504 g/mol. The Kier molecular flexibility index (Phi) is 6.10. The predicted octanol–water partition coefficient (Wildman–Crippen LogP) is 5.81. The fraction of sp³-hybridized carbons (Fsp3) is 0.250. The number of aromatic nitrogens is 3. The van der Waals surface area contributed by atoms with Gasteiger partial charge in [0, 0.05) is 23.4 Å². The summed E-state index contributed by atoms with van der Waals surface area (Å²) in [5.41, 5.74) is 3.51. The van der Waals surface area contributed by atoms with Gasteiger partial charge in [-0.15, -0.1) is 0 Å². The molecule has 4 aromatic rings. The Bertz CT molecular complexity index is 1370. The molecule has 0 saturated carbocycles. The number of nitrogens with one attached hydrogen (secondary N) is 1. The van der Waals surface area contributed by atoms with Gasteiger partial charge in [0.2, 0.25) is 0 Å². The van der Waals surface area contributed by atoms with E-state index in [4.69, 9.17) is 9.47 Å². The number of aromatic amines is 1. The summed E-state index contributed by atoms with van der Waals surface area (Å²) in [5.74, 6) is 1.20. The van der Waals surface area contributed by atoms with Gasteiger partial charge in [-0.1, -0.05) is 42.1 Å². The van der Waals surface area contributed by atoms with Crippen LogP contribution < -0.4 is 18.9 Å². The topological polar surface area (TPSA) is 78.5 Å². The molecule has 0 bridgehead atoms. The van der Waals surface area contributed by atoms with Crippen LogP contribution in [-0.4, -0.2) is 34.5 Å². The van der Waals surface area contributed by atoms with Gasteiger partial charge in [-0.2, -0.15) is 13.2 Å². The smallest absolute Gasteiger partial charge is 0.468 e. The second-order valence-electron chi connectivity index (χ2n) is 7.75. The third kappa shape index (κ3) is 4.68. The number of imidazole rings is 1. The lowest BCUT2D eigenvalue weighted by Crippen LogP contribution is -2.43. The zero-order chi connectivity index (χ0) is 24.6. The quantitative estimate of drug-likeness (QED) is 0.319. The van der Waals surface area contributed by atoms with Gasteiger partial charge < -0.3 is 23.9 Å². The van der Waals surface area contributed by atoms with Crippen LogP contribution in [0.25, 0.3) is 11.0 Å². The first-order valence-corrected chi connectivity index (χ1v) is 11.6. The maximum absolute atomic E-state index is 13.5. The molecule has 0 saturated heterocycles. The number of rotatable bonds is 7. The fourth-order valence-corrected chi connectivity index (χ4v) is 4.46. The van der Waals surface area contributed by atoms with Gasteiger partial charge in [-0.05, 0) is 12.5 Å². The summed E-state index contributed by atoms with van der Waals surface area (Å²) in [6.07, 6.45) is -5.34. The molecule has 1 N–H and O–H groups in total. The summed E-state index contributed by atoms with van der Waals surface area (Å²) in [5, 5.41) is 0.523. The number of ether oxygens (including phenoxy) is 4. The maximum atomic E-state index is 13.5. The van der Waals surface area contributed by atoms with E-state index in [0.29, 0.717) is 40.0 Å². The van der Waals surface area contributed by atoms with Crippen molar-refractivity contribution in [2.75, 3.05) is 7.11 Å². The molecule has 0 amide bonds. The van der Waals surface area contributed by atoms with Gasteiger partial charge in [0.05, 0.1) is 30.0 Å². The summed E-state index contributed by atoms with van der Waals surface area (Å²) in [4.78, 5) is 12.0. The second-order valence-corrected chi connectivity index (χ2v) is 8.71. The highest BCUT2D eigenvalue weighted by atomic mass is 32.2. The first kappa shape index (κ1) is 23.2. The van der Waals surface area contributed by atoms with E-state index in [9.17, 15) is 13.2 Å². The molecule has 2 aromatic carbocycles. The van der Waals surface area contributed by atoms with Crippen LogP contribution in [-0.2, 0) is 12.4 Å².